The van der Waals surface area contributed by atoms with Crippen molar-refractivity contribution < 1.29 is 19.1 Å². The van der Waals surface area contributed by atoms with Crippen LogP contribution in [0, 0.1) is 12.7 Å². The summed E-state index contributed by atoms with van der Waals surface area (Å²) in [5.74, 6) is -1.32. The van der Waals surface area contributed by atoms with Crippen LogP contribution < -0.4 is 0 Å². The zero-order chi connectivity index (χ0) is 24.1. The Bertz CT molecular complexity index is 1300. The van der Waals surface area contributed by atoms with Crippen molar-refractivity contribution in [1.29, 1.82) is 0 Å². The smallest absolute Gasteiger partial charge is 0.356 e. The summed E-state index contributed by atoms with van der Waals surface area (Å²) in [5.41, 5.74) is 4.66. The molecule has 2 aromatic heterocycles. The molecular weight excluding hydrogens is 433 g/mol. The van der Waals surface area contributed by atoms with Gasteiger partial charge in [-0.15, -0.1) is 0 Å². The van der Waals surface area contributed by atoms with Gasteiger partial charge in [0.25, 0.3) is 0 Å². The molecule has 0 saturated carbocycles. The Morgan fingerprint density at radius 3 is 2.32 bits per heavy atom. The topological polar surface area (TPSA) is 85.1 Å². The van der Waals surface area contributed by atoms with Crippen molar-refractivity contribution >= 4 is 11.8 Å². The standard InChI is InChI=1S/C27H24FN3O3/c1-18-25(16-20-4-9-22(28)10-5-20)26(27(33)34)30-31(18)23-11-6-19(7-12-23)15-24(32)13-8-21-3-2-14-29-17-21/h2-7,9-12,14,17H,8,13,15-16H2,1H3,(H,33,34). The highest BCUT2D eigenvalue weighted by atomic mass is 19.1. The summed E-state index contributed by atoms with van der Waals surface area (Å²) < 4.78 is 14.8. The molecular formula is C27H24FN3O3. The van der Waals surface area contributed by atoms with Gasteiger partial charge >= 0.3 is 5.97 Å². The Morgan fingerprint density at radius 1 is 0.971 bits per heavy atom. The van der Waals surface area contributed by atoms with Crippen molar-refractivity contribution in [3.05, 3.63) is 113 Å². The fourth-order valence-corrected chi connectivity index (χ4v) is 3.88. The van der Waals surface area contributed by atoms with Crippen LogP contribution in [0.2, 0.25) is 0 Å². The van der Waals surface area contributed by atoms with Crippen LogP contribution in [0.25, 0.3) is 5.69 Å². The monoisotopic (exact) mass is 457 g/mol. The van der Waals surface area contributed by atoms with Crippen molar-refractivity contribution in [1.82, 2.24) is 14.8 Å². The maximum atomic E-state index is 13.2. The van der Waals surface area contributed by atoms with E-state index in [4.69, 9.17) is 0 Å². The molecule has 6 nitrogen and oxygen atoms in total. The highest BCUT2D eigenvalue weighted by molar-refractivity contribution is 5.87. The maximum absolute atomic E-state index is 13.2. The van der Waals surface area contributed by atoms with Gasteiger partial charge in [0.1, 0.15) is 11.6 Å². The maximum Gasteiger partial charge on any atom is 0.356 e. The number of pyridine rings is 1. The number of aromatic carboxylic acids is 1. The fraction of sp³-hybridized carbons (Fsp3) is 0.185. The Labute approximate surface area is 196 Å². The molecule has 172 valence electrons. The molecule has 1 N–H and O–H groups in total. The summed E-state index contributed by atoms with van der Waals surface area (Å²) in [6.07, 6.45) is 5.24. The number of benzene rings is 2. The first-order valence-corrected chi connectivity index (χ1v) is 11.0. The predicted molar refractivity (Wildman–Crippen MR) is 126 cm³/mol. The number of aromatic nitrogens is 3. The molecule has 2 heterocycles. The van der Waals surface area contributed by atoms with Crippen LogP contribution in [0.5, 0.6) is 0 Å². The second kappa shape index (κ2) is 10.2. The third-order valence-electron chi connectivity index (χ3n) is 5.73. The van der Waals surface area contributed by atoms with Crippen LogP contribution in [0.1, 0.15) is 44.9 Å². The summed E-state index contributed by atoms with van der Waals surface area (Å²) in [6, 6.07) is 17.2. The Kier molecular flexibility index (Phi) is 6.92. The van der Waals surface area contributed by atoms with Crippen molar-refractivity contribution in [2.75, 3.05) is 0 Å². The van der Waals surface area contributed by atoms with E-state index < -0.39 is 5.97 Å². The van der Waals surface area contributed by atoms with Gasteiger partial charge in [-0.3, -0.25) is 9.78 Å². The van der Waals surface area contributed by atoms with Crippen molar-refractivity contribution in [3.8, 4) is 5.69 Å². The first kappa shape index (κ1) is 23.0. The number of carboxylic acids is 1. The molecule has 0 aliphatic heterocycles. The molecule has 0 amide bonds. The van der Waals surface area contributed by atoms with Crippen LogP contribution in [0.15, 0.2) is 73.1 Å². The summed E-state index contributed by atoms with van der Waals surface area (Å²) in [5, 5.41) is 14.0. The van der Waals surface area contributed by atoms with Crippen molar-refractivity contribution in [3.63, 3.8) is 0 Å². The number of nitrogens with zero attached hydrogens (tertiary/aromatic N) is 3. The number of carbonyl (C=O) groups is 2. The van der Waals surface area contributed by atoms with E-state index in [9.17, 15) is 19.1 Å². The van der Waals surface area contributed by atoms with Gasteiger partial charge in [-0.05, 0) is 60.4 Å². The highest BCUT2D eigenvalue weighted by Gasteiger charge is 2.21. The van der Waals surface area contributed by atoms with Gasteiger partial charge in [-0.25, -0.2) is 13.9 Å². The molecule has 0 atom stereocenters. The lowest BCUT2D eigenvalue weighted by atomic mass is 10.0. The zero-order valence-corrected chi connectivity index (χ0v) is 18.7. The van der Waals surface area contributed by atoms with Gasteiger partial charge < -0.3 is 5.11 Å². The van der Waals surface area contributed by atoms with Gasteiger partial charge in [0, 0.05) is 42.9 Å². The lowest BCUT2D eigenvalue weighted by Crippen LogP contribution is -2.05. The van der Waals surface area contributed by atoms with E-state index >= 15 is 0 Å². The molecule has 7 heteroatoms. The van der Waals surface area contributed by atoms with Crippen molar-refractivity contribution in [2.24, 2.45) is 0 Å². The van der Waals surface area contributed by atoms with E-state index in [1.165, 1.54) is 12.1 Å². The van der Waals surface area contributed by atoms with Crippen LogP contribution in [-0.2, 0) is 24.1 Å². The fourth-order valence-electron chi connectivity index (χ4n) is 3.88. The number of halogens is 1. The lowest BCUT2D eigenvalue weighted by Gasteiger charge is -2.07. The van der Waals surface area contributed by atoms with Gasteiger partial charge in [-0.2, -0.15) is 5.10 Å². The Morgan fingerprint density at radius 2 is 1.68 bits per heavy atom. The molecule has 0 radical (unpaired) electrons. The minimum absolute atomic E-state index is 0.0310. The van der Waals surface area contributed by atoms with E-state index in [0.717, 1.165) is 16.7 Å². The average Bonchev–Trinajstić information content (AvgIpc) is 3.16. The SMILES string of the molecule is Cc1c(Cc2ccc(F)cc2)c(C(=O)O)nn1-c1ccc(CC(=O)CCc2cccnc2)cc1. The number of hydrogen-bond donors (Lipinski definition) is 1. The number of Topliss-reactive ketones (excluding diaryl/α,β-unsaturated/α-hetero) is 1. The second-order valence-electron chi connectivity index (χ2n) is 8.18. The van der Waals surface area contributed by atoms with Crippen LogP contribution >= 0.6 is 0 Å². The third-order valence-corrected chi connectivity index (χ3v) is 5.73. The molecule has 0 spiro atoms. The number of ketones is 1. The van der Waals surface area contributed by atoms with E-state index in [2.05, 4.69) is 10.1 Å². The first-order valence-electron chi connectivity index (χ1n) is 11.0. The highest BCUT2D eigenvalue weighted by Crippen LogP contribution is 2.22. The number of aryl methyl sites for hydroxylation is 1. The molecule has 2 aromatic carbocycles. The molecule has 0 bridgehead atoms. The van der Waals surface area contributed by atoms with Crippen molar-refractivity contribution in [2.45, 2.75) is 32.6 Å². The molecule has 0 aliphatic rings. The first-order chi connectivity index (χ1) is 16.4. The summed E-state index contributed by atoms with van der Waals surface area (Å²) in [6.45, 7) is 1.81. The summed E-state index contributed by atoms with van der Waals surface area (Å²) in [7, 11) is 0. The number of rotatable bonds is 9. The predicted octanol–water partition coefficient (Wildman–Crippen LogP) is 4.75. The molecule has 0 fully saturated rings. The summed E-state index contributed by atoms with van der Waals surface area (Å²) in [4.78, 5) is 28.3. The molecule has 34 heavy (non-hydrogen) atoms. The summed E-state index contributed by atoms with van der Waals surface area (Å²) >= 11 is 0. The second-order valence-corrected chi connectivity index (χ2v) is 8.18. The molecule has 4 rings (SSSR count). The van der Waals surface area contributed by atoms with Crippen LogP contribution in [0.3, 0.4) is 0 Å². The minimum atomic E-state index is -1.12. The van der Waals surface area contributed by atoms with E-state index in [1.54, 1.807) is 29.2 Å². The minimum Gasteiger partial charge on any atom is -0.476 e. The van der Waals surface area contributed by atoms with Crippen LogP contribution in [0.4, 0.5) is 4.39 Å². The largest absolute Gasteiger partial charge is 0.476 e. The van der Waals surface area contributed by atoms with Gasteiger partial charge in [-0.1, -0.05) is 30.3 Å². The molecule has 0 aliphatic carbocycles. The van der Waals surface area contributed by atoms with Gasteiger partial charge in [0.05, 0.1) is 5.69 Å². The molecule has 0 unspecified atom stereocenters. The zero-order valence-electron chi connectivity index (χ0n) is 18.7. The van der Waals surface area contributed by atoms with E-state index in [1.807, 2.05) is 43.3 Å². The molecule has 0 saturated heterocycles. The Balaban J connectivity index is 1.49. The number of carbonyl (C=O) groups excluding carboxylic acids is 1. The number of carboxylic acid groups (broad SMARTS) is 1. The Hall–Kier alpha value is -4.13. The molecule has 4 aromatic rings. The quantitative estimate of drug-likeness (QED) is 0.392. The normalized spacial score (nSPS) is 10.9. The van der Waals surface area contributed by atoms with E-state index in [-0.39, 0.29) is 17.3 Å². The van der Waals surface area contributed by atoms with Gasteiger partial charge in [0.15, 0.2) is 5.69 Å². The van der Waals surface area contributed by atoms with E-state index in [0.29, 0.717) is 42.6 Å². The lowest BCUT2D eigenvalue weighted by molar-refractivity contribution is -0.118. The third kappa shape index (κ3) is 5.43. The van der Waals surface area contributed by atoms with Gasteiger partial charge in [0.2, 0.25) is 0 Å². The van der Waals surface area contributed by atoms with Crippen LogP contribution in [-0.4, -0.2) is 31.6 Å². The number of hydrogen-bond acceptors (Lipinski definition) is 4. The average molecular weight is 458 g/mol.